The zero-order valence-corrected chi connectivity index (χ0v) is 9.18. The fourth-order valence-corrected chi connectivity index (χ4v) is 1.62. The molecule has 0 unspecified atom stereocenters. The van der Waals surface area contributed by atoms with Crippen LogP contribution < -0.4 is 5.43 Å². The van der Waals surface area contributed by atoms with E-state index in [1.165, 1.54) is 24.4 Å². The monoisotopic (exact) mass is 231 g/mol. The number of pyridine rings is 1. The maximum absolute atomic E-state index is 12.8. The predicted octanol–water partition coefficient (Wildman–Crippen LogP) is 2.10. The van der Waals surface area contributed by atoms with Crippen LogP contribution in [0.3, 0.4) is 0 Å². The number of hydrogen-bond acceptors (Lipinski definition) is 2. The Bertz CT molecular complexity index is 614. The molecule has 1 heterocycles. The topological polar surface area (TPSA) is 39.1 Å². The Hall–Kier alpha value is -2.23. The second-order valence-corrected chi connectivity index (χ2v) is 3.70. The van der Waals surface area contributed by atoms with Gasteiger partial charge in [0.25, 0.3) is 0 Å². The molecule has 0 aliphatic heterocycles. The smallest absolute Gasteiger partial charge is 0.192 e. The van der Waals surface area contributed by atoms with Crippen LogP contribution in [0, 0.1) is 12.7 Å². The molecule has 17 heavy (non-hydrogen) atoms. The molecule has 0 saturated heterocycles. The molecule has 86 valence electrons. The first-order valence-corrected chi connectivity index (χ1v) is 5.06. The van der Waals surface area contributed by atoms with Crippen LogP contribution in [-0.2, 0) is 0 Å². The summed E-state index contributed by atoms with van der Waals surface area (Å²) in [6, 6.07) is 7.21. The van der Waals surface area contributed by atoms with E-state index in [9.17, 15) is 14.0 Å². The van der Waals surface area contributed by atoms with Gasteiger partial charge in [-0.3, -0.25) is 9.59 Å². The van der Waals surface area contributed by atoms with E-state index in [0.717, 1.165) is 0 Å². The molecule has 2 rings (SSSR count). The number of aromatic nitrogens is 1. The van der Waals surface area contributed by atoms with Crippen molar-refractivity contribution >= 4 is 6.29 Å². The molecule has 3 nitrogen and oxygen atoms in total. The van der Waals surface area contributed by atoms with Crippen molar-refractivity contribution in [2.75, 3.05) is 0 Å². The number of benzene rings is 1. The van der Waals surface area contributed by atoms with Gasteiger partial charge in [-0.2, -0.15) is 0 Å². The molecule has 0 aliphatic rings. The van der Waals surface area contributed by atoms with Gasteiger partial charge >= 0.3 is 0 Å². The number of hydrogen-bond donors (Lipinski definition) is 0. The van der Waals surface area contributed by atoms with Crippen LogP contribution in [0.25, 0.3) is 5.69 Å². The molecule has 0 spiro atoms. The highest BCUT2D eigenvalue weighted by molar-refractivity contribution is 5.74. The molecule has 1 aromatic carbocycles. The number of carbonyl (C=O) groups excluding carboxylic acids is 1. The average molecular weight is 231 g/mol. The molecule has 0 N–H and O–H groups in total. The van der Waals surface area contributed by atoms with Crippen LogP contribution in [0.1, 0.15) is 16.1 Å². The van der Waals surface area contributed by atoms with E-state index in [0.29, 0.717) is 17.7 Å². The molecule has 4 heteroatoms. The number of carbonyl (C=O) groups is 1. The Morgan fingerprint density at radius 2 is 1.88 bits per heavy atom. The van der Waals surface area contributed by atoms with Crippen molar-refractivity contribution in [3.05, 3.63) is 63.8 Å². The third-order valence-corrected chi connectivity index (χ3v) is 2.50. The number of halogens is 1. The van der Waals surface area contributed by atoms with Crippen LogP contribution >= 0.6 is 0 Å². The molecule has 0 bridgehead atoms. The van der Waals surface area contributed by atoms with Gasteiger partial charge in [-0.15, -0.1) is 0 Å². The molecule has 0 radical (unpaired) electrons. The van der Waals surface area contributed by atoms with E-state index in [1.807, 2.05) is 0 Å². The number of aryl methyl sites for hydroxylation is 1. The van der Waals surface area contributed by atoms with Gasteiger partial charge in [-0.25, -0.2) is 4.39 Å². The Balaban J connectivity index is 2.62. The van der Waals surface area contributed by atoms with Crippen molar-refractivity contribution in [3.63, 3.8) is 0 Å². The summed E-state index contributed by atoms with van der Waals surface area (Å²) in [7, 11) is 0. The van der Waals surface area contributed by atoms with E-state index >= 15 is 0 Å². The normalized spacial score (nSPS) is 10.2. The zero-order valence-electron chi connectivity index (χ0n) is 9.18. The van der Waals surface area contributed by atoms with Gasteiger partial charge < -0.3 is 4.57 Å². The second-order valence-electron chi connectivity index (χ2n) is 3.70. The number of rotatable bonds is 2. The minimum Gasteiger partial charge on any atom is -0.320 e. The van der Waals surface area contributed by atoms with Crippen LogP contribution in [0.15, 0.2) is 41.3 Å². The zero-order chi connectivity index (χ0) is 12.4. The lowest BCUT2D eigenvalue weighted by molar-refractivity contribution is 0.112. The Morgan fingerprint density at radius 3 is 2.47 bits per heavy atom. The van der Waals surface area contributed by atoms with Crippen molar-refractivity contribution < 1.29 is 9.18 Å². The fourth-order valence-electron chi connectivity index (χ4n) is 1.62. The Labute approximate surface area is 97.1 Å². The van der Waals surface area contributed by atoms with Crippen LogP contribution in [-0.4, -0.2) is 10.9 Å². The minimum absolute atomic E-state index is 0.0833. The van der Waals surface area contributed by atoms with Crippen molar-refractivity contribution in [2.24, 2.45) is 0 Å². The first-order chi connectivity index (χ1) is 8.11. The second kappa shape index (κ2) is 4.33. The van der Waals surface area contributed by atoms with Gasteiger partial charge in [0.15, 0.2) is 11.7 Å². The van der Waals surface area contributed by atoms with Gasteiger partial charge in [-0.1, -0.05) is 0 Å². The van der Waals surface area contributed by atoms with Crippen LogP contribution in [0.5, 0.6) is 0 Å². The van der Waals surface area contributed by atoms with E-state index in [4.69, 9.17) is 0 Å². The standard InChI is InChI=1S/C13H10FNO2/c1-9-6-13(17)10(8-16)7-15(9)12-4-2-11(14)3-5-12/h2-8H,1H3. The van der Waals surface area contributed by atoms with E-state index in [2.05, 4.69) is 0 Å². The van der Waals surface area contributed by atoms with Gasteiger partial charge in [0, 0.05) is 23.6 Å². The van der Waals surface area contributed by atoms with E-state index in [-0.39, 0.29) is 16.8 Å². The van der Waals surface area contributed by atoms with E-state index < -0.39 is 0 Å². The Kier molecular flexibility index (Phi) is 2.87. The molecular formula is C13H10FNO2. The quantitative estimate of drug-likeness (QED) is 0.742. The molecule has 0 aliphatic carbocycles. The molecule has 0 atom stereocenters. The van der Waals surface area contributed by atoms with Gasteiger partial charge in [0.05, 0.1) is 5.56 Å². The van der Waals surface area contributed by atoms with Gasteiger partial charge in [-0.05, 0) is 31.2 Å². The maximum Gasteiger partial charge on any atom is 0.192 e. The highest BCUT2D eigenvalue weighted by Gasteiger charge is 2.04. The summed E-state index contributed by atoms with van der Waals surface area (Å²) in [5.74, 6) is -0.331. The summed E-state index contributed by atoms with van der Waals surface area (Å²) in [4.78, 5) is 22.1. The highest BCUT2D eigenvalue weighted by atomic mass is 19.1. The highest BCUT2D eigenvalue weighted by Crippen LogP contribution is 2.11. The molecule has 0 fully saturated rings. The summed E-state index contributed by atoms with van der Waals surface area (Å²) in [6.07, 6.45) is 1.97. The molecular weight excluding hydrogens is 221 g/mol. The Morgan fingerprint density at radius 1 is 1.24 bits per heavy atom. The third-order valence-electron chi connectivity index (χ3n) is 2.50. The summed E-state index contributed by atoms with van der Waals surface area (Å²) in [5, 5.41) is 0. The van der Waals surface area contributed by atoms with Crippen LogP contribution in [0.4, 0.5) is 4.39 Å². The third kappa shape index (κ3) is 2.15. The summed E-state index contributed by atoms with van der Waals surface area (Å²) >= 11 is 0. The van der Waals surface area contributed by atoms with Crippen molar-refractivity contribution in [1.82, 2.24) is 4.57 Å². The summed E-state index contributed by atoms with van der Waals surface area (Å²) in [6.45, 7) is 1.75. The molecule has 2 aromatic rings. The first-order valence-electron chi connectivity index (χ1n) is 5.06. The predicted molar refractivity (Wildman–Crippen MR) is 62.1 cm³/mol. The van der Waals surface area contributed by atoms with Gasteiger partial charge in [0.2, 0.25) is 0 Å². The molecule has 0 saturated carbocycles. The van der Waals surface area contributed by atoms with Crippen LogP contribution in [0.2, 0.25) is 0 Å². The molecule has 1 aromatic heterocycles. The fraction of sp³-hybridized carbons (Fsp3) is 0.0769. The first kappa shape index (κ1) is 11.3. The lowest BCUT2D eigenvalue weighted by atomic mass is 10.2. The average Bonchev–Trinajstić information content (AvgIpc) is 2.31. The number of nitrogens with zero attached hydrogens (tertiary/aromatic N) is 1. The lowest BCUT2D eigenvalue weighted by Crippen LogP contribution is -2.13. The summed E-state index contributed by atoms with van der Waals surface area (Å²) in [5.41, 5.74) is 1.16. The van der Waals surface area contributed by atoms with Crippen molar-refractivity contribution in [3.8, 4) is 5.69 Å². The van der Waals surface area contributed by atoms with Crippen molar-refractivity contribution in [2.45, 2.75) is 6.92 Å². The largest absolute Gasteiger partial charge is 0.320 e. The summed E-state index contributed by atoms with van der Waals surface area (Å²) < 4.78 is 14.5. The van der Waals surface area contributed by atoms with Gasteiger partial charge in [0.1, 0.15) is 5.82 Å². The number of aldehydes is 1. The molecule has 0 amide bonds. The minimum atomic E-state index is -0.331. The van der Waals surface area contributed by atoms with E-state index in [1.54, 1.807) is 23.6 Å². The lowest BCUT2D eigenvalue weighted by Gasteiger charge is -2.10. The van der Waals surface area contributed by atoms with Crippen molar-refractivity contribution in [1.29, 1.82) is 0 Å². The maximum atomic E-state index is 12.8. The SMILES string of the molecule is Cc1cc(=O)c(C=O)cn1-c1ccc(F)cc1.